The number of carboxylic acid groups (broad SMARTS) is 1. The summed E-state index contributed by atoms with van der Waals surface area (Å²) in [7, 11) is 1.58. The highest BCUT2D eigenvalue weighted by Gasteiger charge is 2.27. The van der Waals surface area contributed by atoms with E-state index in [9.17, 15) is 19.2 Å². The highest BCUT2D eigenvalue weighted by molar-refractivity contribution is 7.18. The molecule has 1 fully saturated rings. The van der Waals surface area contributed by atoms with Crippen LogP contribution < -0.4 is 14.8 Å². The van der Waals surface area contributed by atoms with Gasteiger partial charge in [0.25, 0.3) is 5.91 Å². The topological polar surface area (TPSA) is 112 Å². The van der Waals surface area contributed by atoms with E-state index in [2.05, 4.69) is 5.32 Å². The molecule has 0 saturated carbocycles. The Morgan fingerprint density at radius 1 is 0.961 bits per heavy atom. The second-order valence-corrected chi connectivity index (χ2v) is 13.2. The number of ether oxygens (including phenoxy) is 2. The SMILES string of the molecule is COc1ccc(-c2sc(C(=O)N3CCC(NCc4ccc(/C=C/C(=O)O)cc4)CC3)cc2-c2ccc(C#N)c(F)c2)cc1OCc1ccccc1. The van der Waals surface area contributed by atoms with E-state index in [1.54, 1.807) is 19.3 Å². The van der Waals surface area contributed by atoms with Crippen LogP contribution in [0.3, 0.4) is 0 Å². The molecule has 8 nitrogen and oxygen atoms in total. The van der Waals surface area contributed by atoms with Gasteiger partial charge in [0, 0.05) is 42.2 Å². The number of methoxy groups -OCH3 is 1. The number of rotatable bonds is 12. The summed E-state index contributed by atoms with van der Waals surface area (Å²) in [4.78, 5) is 27.9. The van der Waals surface area contributed by atoms with Crippen molar-refractivity contribution in [2.24, 2.45) is 0 Å². The van der Waals surface area contributed by atoms with Gasteiger partial charge < -0.3 is 24.8 Å². The lowest BCUT2D eigenvalue weighted by molar-refractivity contribution is -0.131. The van der Waals surface area contributed by atoms with Gasteiger partial charge in [0.05, 0.1) is 17.6 Å². The summed E-state index contributed by atoms with van der Waals surface area (Å²) < 4.78 is 26.6. The number of thiophene rings is 1. The lowest BCUT2D eigenvalue weighted by Gasteiger charge is -2.32. The van der Waals surface area contributed by atoms with Gasteiger partial charge in [-0.05, 0) is 83.1 Å². The highest BCUT2D eigenvalue weighted by Crippen LogP contribution is 2.43. The fourth-order valence-electron chi connectivity index (χ4n) is 5.98. The Morgan fingerprint density at radius 3 is 2.39 bits per heavy atom. The first-order valence-electron chi connectivity index (χ1n) is 16.5. The standard InChI is InChI=1S/C41H36FN3O5S/c1-49-36-15-14-31(22-37(36)50-26-29-5-3-2-4-6-29)40-34(30-12-13-32(24-43)35(42)21-30)23-38(51-40)41(48)45-19-17-33(18-20-45)44-25-28-9-7-27(8-10-28)11-16-39(46)47/h2-16,21-23,33,44H,17-20,25-26H2,1H3,(H,46,47)/b16-11+. The van der Waals surface area contributed by atoms with Crippen LogP contribution in [0.4, 0.5) is 4.39 Å². The summed E-state index contributed by atoms with van der Waals surface area (Å²) in [5, 5.41) is 21.7. The van der Waals surface area contributed by atoms with Crippen LogP contribution in [0, 0.1) is 17.1 Å². The van der Waals surface area contributed by atoms with Crippen LogP contribution in [0.2, 0.25) is 0 Å². The number of carbonyl (C=O) groups is 2. The maximum atomic E-state index is 14.9. The number of aliphatic carboxylic acids is 1. The number of nitriles is 1. The Hall–Kier alpha value is -5.76. The van der Waals surface area contributed by atoms with E-state index in [0.717, 1.165) is 46.0 Å². The van der Waals surface area contributed by atoms with Crippen molar-refractivity contribution in [2.45, 2.75) is 32.0 Å². The molecule has 0 radical (unpaired) electrons. The minimum atomic E-state index is -0.983. The third kappa shape index (κ3) is 8.70. The highest BCUT2D eigenvalue weighted by atomic mass is 32.1. The third-order valence-corrected chi connectivity index (χ3v) is 9.95. The molecule has 10 heteroatoms. The molecule has 0 aliphatic carbocycles. The quantitative estimate of drug-likeness (QED) is 0.126. The average Bonchev–Trinajstić information content (AvgIpc) is 3.62. The van der Waals surface area contributed by atoms with Gasteiger partial charge in [-0.2, -0.15) is 5.26 Å². The summed E-state index contributed by atoms with van der Waals surface area (Å²) in [5.74, 6) is -0.586. The minimum Gasteiger partial charge on any atom is -0.493 e. The number of piperidine rings is 1. The average molecular weight is 702 g/mol. The van der Waals surface area contributed by atoms with Crippen LogP contribution in [-0.2, 0) is 17.9 Å². The molecule has 0 unspecified atom stereocenters. The molecule has 1 amide bonds. The lowest BCUT2D eigenvalue weighted by Crippen LogP contribution is -2.44. The molecule has 0 spiro atoms. The van der Waals surface area contributed by atoms with Gasteiger partial charge in [0.15, 0.2) is 11.5 Å². The van der Waals surface area contributed by atoms with Crippen LogP contribution in [0.25, 0.3) is 27.6 Å². The largest absolute Gasteiger partial charge is 0.493 e. The summed E-state index contributed by atoms with van der Waals surface area (Å²) in [6, 6.07) is 31.6. The first-order valence-corrected chi connectivity index (χ1v) is 17.3. The minimum absolute atomic E-state index is 0.0470. The number of carboxylic acids is 1. The van der Waals surface area contributed by atoms with Gasteiger partial charge >= 0.3 is 5.97 Å². The van der Waals surface area contributed by atoms with Gasteiger partial charge in [-0.25, -0.2) is 9.18 Å². The molecule has 1 aliphatic heterocycles. The fourth-order valence-corrected chi connectivity index (χ4v) is 7.13. The Labute approximate surface area is 300 Å². The fraction of sp³-hybridized carbons (Fsp3) is 0.195. The zero-order valence-electron chi connectivity index (χ0n) is 28.0. The summed E-state index contributed by atoms with van der Waals surface area (Å²) in [6.07, 6.45) is 4.25. The van der Waals surface area contributed by atoms with Crippen molar-refractivity contribution in [2.75, 3.05) is 20.2 Å². The van der Waals surface area contributed by atoms with Gasteiger partial charge in [-0.15, -0.1) is 11.3 Å². The molecule has 6 rings (SSSR count). The molecule has 2 heterocycles. The van der Waals surface area contributed by atoms with Crippen LogP contribution >= 0.6 is 11.3 Å². The number of hydrogen-bond acceptors (Lipinski definition) is 7. The predicted molar refractivity (Wildman–Crippen MR) is 196 cm³/mol. The first kappa shape index (κ1) is 35.1. The molecule has 5 aromatic rings. The van der Waals surface area contributed by atoms with Gasteiger partial charge in [0.1, 0.15) is 18.5 Å². The molecular formula is C41H36FN3O5S. The normalized spacial score (nSPS) is 13.2. The van der Waals surface area contributed by atoms with Crippen molar-refractivity contribution in [3.05, 3.63) is 136 Å². The summed E-state index contributed by atoms with van der Waals surface area (Å²) in [6.45, 7) is 2.18. The zero-order valence-corrected chi connectivity index (χ0v) is 28.8. The van der Waals surface area contributed by atoms with Crippen LogP contribution in [0.5, 0.6) is 11.5 Å². The number of amides is 1. The lowest BCUT2D eigenvalue weighted by atomic mass is 10.00. The smallest absolute Gasteiger partial charge is 0.328 e. The Balaban J connectivity index is 1.19. The number of carbonyl (C=O) groups excluding carboxylic acids is 1. The monoisotopic (exact) mass is 701 g/mol. The van der Waals surface area contributed by atoms with E-state index in [1.165, 1.54) is 23.5 Å². The molecule has 1 saturated heterocycles. The molecule has 1 aliphatic rings. The van der Waals surface area contributed by atoms with E-state index < -0.39 is 11.8 Å². The Bertz CT molecular complexity index is 2080. The van der Waals surface area contributed by atoms with Crippen molar-refractivity contribution in [3.8, 4) is 39.1 Å². The van der Waals surface area contributed by atoms with Crippen molar-refractivity contribution < 1.29 is 28.6 Å². The third-order valence-electron chi connectivity index (χ3n) is 8.78. The zero-order chi connectivity index (χ0) is 35.7. The van der Waals surface area contributed by atoms with Crippen molar-refractivity contribution in [3.63, 3.8) is 0 Å². The number of nitrogens with one attached hydrogen (secondary N) is 1. The van der Waals surface area contributed by atoms with Gasteiger partial charge in [-0.1, -0.05) is 60.7 Å². The van der Waals surface area contributed by atoms with E-state index in [0.29, 0.717) is 53.7 Å². The van der Waals surface area contributed by atoms with E-state index in [1.807, 2.05) is 89.8 Å². The van der Waals surface area contributed by atoms with Crippen LogP contribution in [0.15, 0.2) is 103 Å². The molecule has 51 heavy (non-hydrogen) atoms. The number of benzene rings is 4. The van der Waals surface area contributed by atoms with Crippen molar-refractivity contribution >= 4 is 29.3 Å². The molecule has 2 N–H and O–H groups in total. The van der Waals surface area contributed by atoms with Crippen LogP contribution in [0.1, 0.15) is 44.8 Å². The Kier molecular flexibility index (Phi) is 11.2. The predicted octanol–water partition coefficient (Wildman–Crippen LogP) is 8.17. The second-order valence-electron chi connectivity index (χ2n) is 12.2. The number of nitrogens with zero attached hydrogens (tertiary/aromatic N) is 2. The summed E-state index contributed by atoms with van der Waals surface area (Å²) in [5.41, 5.74) is 4.90. The summed E-state index contributed by atoms with van der Waals surface area (Å²) >= 11 is 1.35. The second kappa shape index (κ2) is 16.3. The van der Waals surface area contributed by atoms with E-state index in [-0.39, 0.29) is 17.5 Å². The maximum absolute atomic E-state index is 14.9. The first-order chi connectivity index (χ1) is 24.8. The molecule has 1 aromatic heterocycles. The molecule has 0 bridgehead atoms. The van der Waals surface area contributed by atoms with Crippen molar-refractivity contribution in [1.82, 2.24) is 10.2 Å². The number of halogens is 1. The number of hydrogen-bond donors (Lipinski definition) is 2. The molecular weight excluding hydrogens is 666 g/mol. The molecule has 258 valence electrons. The van der Waals surface area contributed by atoms with E-state index in [4.69, 9.17) is 14.6 Å². The molecule has 4 aromatic carbocycles. The maximum Gasteiger partial charge on any atom is 0.328 e. The van der Waals surface area contributed by atoms with E-state index >= 15 is 0 Å². The van der Waals surface area contributed by atoms with Crippen LogP contribution in [-0.4, -0.2) is 48.1 Å². The van der Waals surface area contributed by atoms with Crippen molar-refractivity contribution in [1.29, 1.82) is 5.26 Å². The molecule has 0 atom stereocenters. The number of likely N-dealkylation sites (tertiary alicyclic amines) is 1. The van der Waals surface area contributed by atoms with Gasteiger partial charge in [0.2, 0.25) is 0 Å². The Morgan fingerprint density at radius 2 is 1.71 bits per heavy atom. The van der Waals surface area contributed by atoms with Gasteiger partial charge in [-0.3, -0.25) is 4.79 Å².